The zero-order valence-corrected chi connectivity index (χ0v) is 10.5. The van der Waals surface area contributed by atoms with Gasteiger partial charge in [-0.05, 0) is 25.7 Å². The lowest BCUT2D eigenvalue weighted by atomic mass is 9.77. The molecular weight excluding hydrogens is 228 g/mol. The number of nitrogens with zero attached hydrogens (tertiary/aromatic N) is 3. The Kier molecular flexibility index (Phi) is 3.05. The van der Waals surface area contributed by atoms with Crippen molar-refractivity contribution in [3.63, 3.8) is 0 Å². The Bertz CT molecular complexity index is 397. The first-order valence-corrected chi connectivity index (χ1v) is 6.65. The van der Waals surface area contributed by atoms with Gasteiger partial charge in [0.05, 0.1) is 5.60 Å². The first-order chi connectivity index (χ1) is 8.67. The summed E-state index contributed by atoms with van der Waals surface area (Å²) >= 11 is 0. The zero-order valence-electron chi connectivity index (χ0n) is 10.5. The minimum absolute atomic E-state index is 0.355. The van der Waals surface area contributed by atoms with Gasteiger partial charge in [0.1, 0.15) is 6.33 Å². The molecule has 18 heavy (non-hydrogen) atoms. The number of aromatic nitrogens is 2. The molecule has 2 fully saturated rings. The molecule has 0 radical (unpaired) electrons. The number of hydrogen-bond donors (Lipinski definition) is 2. The molecule has 0 aromatic carbocycles. The average Bonchev–Trinajstić information content (AvgIpc) is 2.38. The molecule has 3 N–H and O–H groups in total. The Morgan fingerprint density at radius 1 is 1.22 bits per heavy atom. The number of likely N-dealkylation sites (tertiary alicyclic amines) is 1. The molecule has 1 aliphatic heterocycles. The second-order valence-electron chi connectivity index (χ2n) is 5.60. The fraction of sp³-hybridized carbons (Fsp3) is 0.692. The highest BCUT2D eigenvalue weighted by Gasteiger charge is 2.39. The lowest BCUT2D eigenvalue weighted by Gasteiger charge is -2.47. The predicted octanol–water partition coefficient (Wildman–Crippen LogP) is 0.250. The molecule has 1 aliphatic carbocycles. The van der Waals surface area contributed by atoms with E-state index in [-0.39, 0.29) is 0 Å². The molecule has 2 heterocycles. The van der Waals surface area contributed by atoms with E-state index in [4.69, 9.17) is 5.73 Å². The van der Waals surface area contributed by atoms with Crippen LogP contribution in [0.3, 0.4) is 0 Å². The molecule has 1 saturated carbocycles. The lowest BCUT2D eigenvalue weighted by molar-refractivity contribution is -0.0380. The third-order valence-corrected chi connectivity index (χ3v) is 4.33. The first kappa shape index (κ1) is 12.0. The summed E-state index contributed by atoms with van der Waals surface area (Å²) in [6.45, 7) is 2.02. The van der Waals surface area contributed by atoms with Gasteiger partial charge in [-0.3, -0.25) is 4.90 Å². The second-order valence-corrected chi connectivity index (χ2v) is 5.60. The second kappa shape index (κ2) is 4.57. The molecule has 0 atom stereocenters. The Balaban J connectivity index is 1.62. The van der Waals surface area contributed by atoms with Crippen molar-refractivity contribution in [1.82, 2.24) is 14.9 Å². The third-order valence-electron chi connectivity index (χ3n) is 4.33. The van der Waals surface area contributed by atoms with Gasteiger partial charge in [0, 0.05) is 43.1 Å². The molecule has 3 rings (SSSR count). The van der Waals surface area contributed by atoms with Gasteiger partial charge in [-0.2, -0.15) is 0 Å². The van der Waals surface area contributed by atoms with E-state index in [1.165, 1.54) is 6.33 Å². The van der Waals surface area contributed by atoms with Crippen molar-refractivity contribution in [3.05, 3.63) is 24.3 Å². The van der Waals surface area contributed by atoms with E-state index in [9.17, 15) is 5.11 Å². The zero-order chi connectivity index (χ0) is 12.6. The van der Waals surface area contributed by atoms with Crippen LogP contribution in [0, 0.1) is 0 Å². The molecule has 1 saturated heterocycles. The van der Waals surface area contributed by atoms with Crippen molar-refractivity contribution in [2.45, 2.75) is 43.4 Å². The number of hydrogen-bond acceptors (Lipinski definition) is 5. The number of aliphatic hydroxyl groups is 1. The van der Waals surface area contributed by atoms with E-state index >= 15 is 0 Å². The van der Waals surface area contributed by atoms with Gasteiger partial charge in [-0.15, -0.1) is 0 Å². The van der Waals surface area contributed by atoms with Gasteiger partial charge in [0.15, 0.2) is 0 Å². The van der Waals surface area contributed by atoms with E-state index in [0.29, 0.717) is 12.1 Å². The maximum absolute atomic E-state index is 10.7. The van der Waals surface area contributed by atoms with Crippen LogP contribution in [-0.2, 0) is 5.60 Å². The van der Waals surface area contributed by atoms with E-state index in [1.807, 2.05) is 0 Å². The van der Waals surface area contributed by atoms with E-state index < -0.39 is 5.60 Å². The number of rotatable bonds is 2. The van der Waals surface area contributed by atoms with E-state index in [1.54, 1.807) is 12.4 Å². The molecule has 1 aromatic rings. The molecule has 5 nitrogen and oxygen atoms in total. The molecule has 0 bridgehead atoms. The molecule has 2 aliphatic rings. The molecule has 0 spiro atoms. The fourth-order valence-corrected chi connectivity index (χ4v) is 3.12. The smallest absolute Gasteiger partial charge is 0.115 e. The van der Waals surface area contributed by atoms with Crippen LogP contribution in [0.25, 0.3) is 0 Å². The van der Waals surface area contributed by atoms with Crippen molar-refractivity contribution in [1.29, 1.82) is 0 Å². The summed E-state index contributed by atoms with van der Waals surface area (Å²) in [6, 6.07) is 0.947. The molecule has 0 unspecified atom stereocenters. The Labute approximate surface area is 107 Å². The summed E-state index contributed by atoms with van der Waals surface area (Å²) in [5.74, 6) is 0. The summed E-state index contributed by atoms with van der Waals surface area (Å²) in [7, 11) is 0. The van der Waals surface area contributed by atoms with Crippen LogP contribution in [0.5, 0.6) is 0 Å². The highest BCUT2D eigenvalue weighted by Crippen LogP contribution is 2.38. The maximum Gasteiger partial charge on any atom is 0.115 e. The number of nitrogens with two attached hydrogens (primary N) is 1. The van der Waals surface area contributed by atoms with E-state index in [0.717, 1.165) is 44.3 Å². The molecular formula is C13H20N4O. The molecule has 5 heteroatoms. The quantitative estimate of drug-likeness (QED) is 0.784. The van der Waals surface area contributed by atoms with E-state index in [2.05, 4.69) is 14.9 Å². The van der Waals surface area contributed by atoms with Crippen LogP contribution in [0.15, 0.2) is 18.7 Å². The molecule has 1 aromatic heterocycles. The standard InChI is InChI=1S/C13H20N4O/c14-11-7-17(8-11)12-1-3-13(18,4-2-12)10-5-15-9-16-6-10/h5-6,9,11-12,18H,1-4,7-8,14H2. The van der Waals surface area contributed by atoms with Gasteiger partial charge in [0.2, 0.25) is 0 Å². The maximum atomic E-state index is 10.7. The minimum Gasteiger partial charge on any atom is -0.385 e. The van der Waals surface area contributed by atoms with Gasteiger partial charge >= 0.3 is 0 Å². The summed E-state index contributed by atoms with van der Waals surface area (Å²) in [4.78, 5) is 10.4. The van der Waals surface area contributed by atoms with Crippen LogP contribution in [0.4, 0.5) is 0 Å². The van der Waals surface area contributed by atoms with Crippen molar-refractivity contribution in [2.24, 2.45) is 5.73 Å². The first-order valence-electron chi connectivity index (χ1n) is 6.65. The SMILES string of the molecule is NC1CN(C2CCC(O)(c3cncnc3)CC2)C1. The van der Waals surface area contributed by atoms with Gasteiger partial charge in [0.25, 0.3) is 0 Å². The Morgan fingerprint density at radius 2 is 1.83 bits per heavy atom. The normalized spacial score (nSPS) is 34.2. The third kappa shape index (κ3) is 2.13. The monoisotopic (exact) mass is 248 g/mol. The van der Waals surface area contributed by atoms with Gasteiger partial charge < -0.3 is 10.8 Å². The largest absolute Gasteiger partial charge is 0.385 e. The lowest BCUT2D eigenvalue weighted by Crippen LogP contribution is -2.60. The highest BCUT2D eigenvalue weighted by atomic mass is 16.3. The minimum atomic E-state index is -0.731. The highest BCUT2D eigenvalue weighted by molar-refractivity contribution is 5.15. The summed E-state index contributed by atoms with van der Waals surface area (Å²) < 4.78 is 0. The van der Waals surface area contributed by atoms with Crippen molar-refractivity contribution in [2.75, 3.05) is 13.1 Å². The van der Waals surface area contributed by atoms with Crippen LogP contribution in [0.1, 0.15) is 31.2 Å². The Morgan fingerprint density at radius 3 is 2.39 bits per heavy atom. The molecule has 0 amide bonds. The van der Waals surface area contributed by atoms with Gasteiger partial charge in [-0.1, -0.05) is 0 Å². The summed E-state index contributed by atoms with van der Waals surface area (Å²) in [5.41, 5.74) is 5.93. The Hall–Kier alpha value is -1.04. The van der Waals surface area contributed by atoms with Crippen LogP contribution in [0.2, 0.25) is 0 Å². The topological polar surface area (TPSA) is 75.3 Å². The average molecular weight is 248 g/mol. The molecule has 98 valence electrons. The predicted molar refractivity (Wildman–Crippen MR) is 67.7 cm³/mol. The van der Waals surface area contributed by atoms with Crippen LogP contribution >= 0.6 is 0 Å². The van der Waals surface area contributed by atoms with Crippen molar-refractivity contribution in [3.8, 4) is 0 Å². The summed E-state index contributed by atoms with van der Waals surface area (Å²) in [6.07, 6.45) is 8.59. The van der Waals surface area contributed by atoms with Gasteiger partial charge in [-0.25, -0.2) is 9.97 Å². The van der Waals surface area contributed by atoms with Crippen LogP contribution in [-0.4, -0.2) is 45.1 Å². The van der Waals surface area contributed by atoms with Crippen LogP contribution < -0.4 is 5.73 Å². The van der Waals surface area contributed by atoms with Crippen molar-refractivity contribution >= 4 is 0 Å². The van der Waals surface area contributed by atoms with Crippen molar-refractivity contribution < 1.29 is 5.11 Å². The summed E-state index contributed by atoms with van der Waals surface area (Å²) in [5, 5.41) is 10.7. The fourth-order valence-electron chi connectivity index (χ4n) is 3.12.